The van der Waals surface area contributed by atoms with E-state index in [-0.39, 0.29) is 22.5 Å². The molecule has 0 saturated carbocycles. The minimum Gasteiger partial charge on any atom is -0.412 e. The molecule has 37 heteroatoms. The minimum absolute atomic E-state index is 0. The summed E-state index contributed by atoms with van der Waals surface area (Å²) in [5, 5.41) is 230. The average molecular weight is 1220 g/mol. The second kappa shape index (κ2) is 28.5. The summed E-state index contributed by atoms with van der Waals surface area (Å²) in [7, 11) is 0. The Hall–Kier alpha value is -0.921. The maximum atomic E-state index is 11.3. The van der Waals surface area contributed by atoms with E-state index in [1.165, 1.54) is 0 Å². The minimum atomic E-state index is -2.21. The number of aliphatic hydroxyl groups is 21. The van der Waals surface area contributed by atoms with E-state index in [4.69, 9.17) is 66.3 Å². The Morgan fingerprint density at radius 1 is 0.177 bits per heavy atom. The van der Waals surface area contributed by atoms with Gasteiger partial charge in [-0.3, -0.25) is 0 Å². The molecule has 21 rings (SSSR count). The topological polar surface area (TPSA) is 586 Å². The van der Waals surface area contributed by atoms with E-state index < -0.39 is 261 Å². The van der Waals surface area contributed by atoms with E-state index in [2.05, 4.69) is 0 Å². The van der Waals surface area contributed by atoms with Crippen LogP contribution in [0.2, 0.25) is 0 Å². The SMILES string of the molecule is O.OC[C@H]1O[C@@H]2O[C@H]3[C@H](O)[C@@H](O)[C@@H](O[C@H]4[C@H](O)[C@@H](O)[C@@H](O[C@H]5[C@H](O)[C@@H](O)[C@@H](O[C@H]6[C@H](O)[C@@H](O)[C@@H](O[C@H]7[C@H](O)[C@@H](O)[C@@H](O[C@H]8[C@H](O)[C@@H](O)[C@@H](O[C@H]1[C@H](O)[C@H]2O)O[C@@H]8CO)O[C@@H]7CO)O[C@@H]6CO)O[C@@H]5CO)O[C@@H]4CO)O[C@@H]3CO.[Cu]. The number of ether oxygens (including phenoxy) is 14. The zero-order valence-corrected chi connectivity index (χ0v) is 42.0. The first kappa shape index (κ1) is 67.2. The van der Waals surface area contributed by atoms with Crippen molar-refractivity contribution in [2.45, 2.75) is 215 Å². The van der Waals surface area contributed by atoms with Crippen LogP contribution in [0, 0.1) is 0 Å². The molecule has 0 aromatic carbocycles. The van der Waals surface area contributed by atoms with Gasteiger partial charge in [0.2, 0.25) is 0 Å². The summed E-state index contributed by atoms with van der Waals surface area (Å²) >= 11 is 0. The van der Waals surface area contributed by atoms with Gasteiger partial charge in [0.1, 0.15) is 171 Å². The smallest absolute Gasteiger partial charge is 0.187 e. The van der Waals surface area contributed by atoms with E-state index in [1.807, 2.05) is 0 Å². The van der Waals surface area contributed by atoms with Gasteiger partial charge in [0, 0.05) is 17.1 Å². The van der Waals surface area contributed by atoms with Crippen LogP contribution in [0.1, 0.15) is 0 Å². The number of hydrogen-bond donors (Lipinski definition) is 21. The van der Waals surface area contributed by atoms with Gasteiger partial charge in [-0.15, -0.1) is 0 Å². The van der Waals surface area contributed by atoms with Crippen molar-refractivity contribution in [3.05, 3.63) is 0 Å². The molecule has 1 radical (unpaired) electrons. The molecule has 35 atom stereocenters. The van der Waals surface area contributed by atoms with Gasteiger partial charge in [-0.25, -0.2) is 0 Å². The fraction of sp³-hybridized carbons (Fsp3) is 1.00. The molecule has 0 amide bonds. The quantitative estimate of drug-likeness (QED) is 0.105. The van der Waals surface area contributed by atoms with Crippen molar-refractivity contribution in [3.8, 4) is 0 Å². The van der Waals surface area contributed by atoms with Crippen LogP contribution in [-0.4, -0.2) is 374 Å². The van der Waals surface area contributed by atoms with Gasteiger partial charge < -0.3 is 179 Å². The van der Waals surface area contributed by atoms with Crippen molar-refractivity contribution in [2.75, 3.05) is 46.2 Å². The van der Waals surface area contributed by atoms with Crippen LogP contribution in [0.3, 0.4) is 0 Å². The molecule has 21 fully saturated rings. The van der Waals surface area contributed by atoms with Crippen LogP contribution in [0.25, 0.3) is 0 Å². The summed E-state index contributed by atoms with van der Waals surface area (Å²) in [5.41, 5.74) is 0. The third kappa shape index (κ3) is 13.3. The van der Waals surface area contributed by atoms with E-state index in [0.717, 1.165) is 0 Å². The van der Waals surface area contributed by atoms with Crippen LogP contribution in [0.5, 0.6) is 0 Å². The normalized spacial score (nSPS) is 54.0. The van der Waals surface area contributed by atoms with Gasteiger partial charge in [0.05, 0.1) is 46.2 Å². The molecule has 14 bridgehead atoms. The Labute approximate surface area is 456 Å². The van der Waals surface area contributed by atoms with E-state index in [1.54, 1.807) is 0 Å². The van der Waals surface area contributed by atoms with E-state index in [0.29, 0.717) is 0 Å². The Kier molecular flexibility index (Phi) is 24.3. The third-order valence-electron chi connectivity index (χ3n) is 14.8. The summed E-state index contributed by atoms with van der Waals surface area (Å²) in [4.78, 5) is 0. The molecule has 21 aliphatic rings. The second-order valence-corrected chi connectivity index (χ2v) is 19.7. The molecule has 23 N–H and O–H groups in total. The fourth-order valence-electron chi connectivity index (χ4n) is 10.4. The number of aliphatic hydroxyl groups excluding tert-OH is 21. The molecule has 79 heavy (non-hydrogen) atoms. The molecule has 0 unspecified atom stereocenters. The van der Waals surface area contributed by atoms with Crippen molar-refractivity contribution in [1.82, 2.24) is 0 Å². The summed E-state index contributed by atoms with van der Waals surface area (Å²) in [6.07, 6.45) is -70.2. The van der Waals surface area contributed by atoms with Crippen LogP contribution in [0.15, 0.2) is 0 Å². The molecular formula is C42H72CuO36. The van der Waals surface area contributed by atoms with Crippen molar-refractivity contribution >= 4 is 0 Å². The second-order valence-electron chi connectivity index (χ2n) is 19.7. The van der Waals surface area contributed by atoms with Crippen molar-refractivity contribution in [2.24, 2.45) is 0 Å². The van der Waals surface area contributed by atoms with Crippen LogP contribution in [-0.2, 0) is 83.4 Å². The maximum Gasteiger partial charge on any atom is 0.187 e. The molecule has 21 heterocycles. The average Bonchev–Trinajstić information content (AvgIpc) is 3.42. The Bertz CT molecular complexity index is 1480. The molecule has 21 saturated heterocycles. The Morgan fingerprint density at radius 2 is 0.278 bits per heavy atom. The maximum absolute atomic E-state index is 11.3. The molecular weight excluding hydrogens is 1140 g/mol. The Balaban J connectivity index is 0.00000504. The Morgan fingerprint density at radius 3 is 0.367 bits per heavy atom. The van der Waals surface area contributed by atoms with Gasteiger partial charge in [-0.1, -0.05) is 0 Å². The van der Waals surface area contributed by atoms with Crippen molar-refractivity contribution < 1.29 is 196 Å². The van der Waals surface area contributed by atoms with Gasteiger partial charge >= 0.3 is 0 Å². The van der Waals surface area contributed by atoms with E-state index in [9.17, 15) is 107 Å². The molecule has 0 aromatic rings. The fourth-order valence-corrected chi connectivity index (χ4v) is 10.4. The van der Waals surface area contributed by atoms with Gasteiger partial charge in [0.15, 0.2) is 44.0 Å². The summed E-state index contributed by atoms with van der Waals surface area (Å²) in [6, 6.07) is 0. The van der Waals surface area contributed by atoms with Crippen molar-refractivity contribution in [1.29, 1.82) is 0 Å². The molecule has 0 aromatic heterocycles. The largest absolute Gasteiger partial charge is 0.412 e. The van der Waals surface area contributed by atoms with Gasteiger partial charge in [-0.05, 0) is 0 Å². The first-order chi connectivity index (χ1) is 36.7. The van der Waals surface area contributed by atoms with Gasteiger partial charge in [0.25, 0.3) is 0 Å². The van der Waals surface area contributed by atoms with E-state index >= 15 is 0 Å². The van der Waals surface area contributed by atoms with Crippen LogP contribution < -0.4 is 0 Å². The number of hydrogen-bond acceptors (Lipinski definition) is 35. The van der Waals surface area contributed by atoms with Crippen LogP contribution >= 0.6 is 0 Å². The van der Waals surface area contributed by atoms with Gasteiger partial charge in [-0.2, -0.15) is 0 Å². The standard InChI is InChI=1S/C42H70O35.Cu.H2O/c43-1-8-29-15(50)22(57)36(64-8)72-30-9(2-44)66-38(24(59)17(30)52)74-32-11(4-46)68-40(26(61)19(32)54)76-34-13(6-48)70-42(28(63)21(34)56)77-35-14(7-49)69-41(27(62)20(35)55)75-33-12(5-47)67-39(25(60)18(33)53)73-31-10(3-45)65-37(71-29)23(58)16(31)51;;/h8-63H,1-7H2;;1H2/t8-,9-,10-,11-,12-,13-,14-,15-,16-,17-,18-,19-,20-,21-,22-,23-,24-,25-,26-,27-,28-,29-,30-,31-,32-,33-,34-,35-,36-,37-,38-,39-,40-,41-,42-;;/m1../s1. The first-order valence-corrected chi connectivity index (χ1v) is 24.6. The summed E-state index contributed by atoms with van der Waals surface area (Å²) in [6.45, 7) is -7.33. The predicted octanol–water partition coefficient (Wildman–Crippen LogP) is -16.1. The first-order valence-electron chi connectivity index (χ1n) is 24.6. The van der Waals surface area contributed by atoms with Crippen molar-refractivity contribution in [3.63, 3.8) is 0 Å². The molecule has 467 valence electrons. The van der Waals surface area contributed by atoms with Crippen LogP contribution in [0.4, 0.5) is 0 Å². The molecule has 36 nitrogen and oxygen atoms in total. The molecule has 0 aliphatic carbocycles. The predicted molar refractivity (Wildman–Crippen MR) is 232 cm³/mol. The third-order valence-corrected chi connectivity index (χ3v) is 14.8. The molecule has 0 spiro atoms. The summed E-state index contributed by atoms with van der Waals surface area (Å²) in [5.74, 6) is 0. The zero-order chi connectivity index (χ0) is 56.1. The monoisotopic (exact) mass is 1220 g/mol. The zero-order valence-electron chi connectivity index (χ0n) is 41.1. The number of rotatable bonds is 7. The summed E-state index contributed by atoms with van der Waals surface area (Å²) < 4.78 is 79.5. The molecule has 21 aliphatic heterocycles.